The fourth-order valence-electron chi connectivity index (χ4n) is 2.97. The molecule has 1 aromatic heterocycles. The van der Waals surface area contributed by atoms with Gasteiger partial charge in [0.1, 0.15) is 11.5 Å². The van der Waals surface area contributed by atoms with Crippen LogP contribution in [0.2, 0.25) is 0 Å². The molecule has 0 saturated heterocycles. The number of methoxy groups -OCH3 is 1. The molecule has 27 heavy (non-hydrogen) atoms. The molecule has 0 fully saturated rings. The van der Waals surface area contributed by atoms with E-state index in [1.165, 1.54) is 0 Å². The molecule has 0 atom stereocenters. The van der Waals surface area contributed by atoms with Crippen molar-refractivity contribution < 1.29 is 9.84 Å². The van der Waals surface area contributed by atoms with Crippen LogP contribution in [0.15, 0.2) is 72.5 Å². The molecule has 0 spiro atoms. The number of hydrogen-bond acceptors (Lipinski definition) is 5. The maximum absolute atomic E-state index is 10.3. The van der Waals surface area contributed by atoms with Gasteiger partial charge in [0.05, 0.1) is 7.11 Å². The third-order valence-electron chi connectivity index (χ3n) is 4.43. The number of hydrogen-bond donors (Lipinski definition) is 1. The van der Waals surface area contributed by atoms with Gasteiger partial charge in [0.25, 0.3) is 0 Å². The first-order chi connectivity index (χ1) is 13.2. The van der Waals surface area contributed by atoms with Crippen LogP contribution in [0.3, 0.4) is 0 Å². The third-order valence-corrected chi connectivity index (χ3v) is 4.43. The number of rotatable bonds is 4. The van der Waals surface area contributed by atoms with E-state index in [2.05, 4.69) is 15.0 Å². The average molecular weight is 357 g/mol. The molecule has 0 aliphatic heterocycles. The van der Waals surface area contributed by atoms with Crippen molar-refractivity contribution in [1.29, 1.82) is 0 Å². The number of benzene rings is 2. The second-order valence-electron chi connectivity index (χ2n) is 6.21. The minimum atomic E-state index is 0.215. The van der Waals surface area contributed by atoms with E-state index in [4.69, 9.17) is 4.74 Å². The predicted octanol–water partition coefficient (Wildman–Crippen LogP) is 4.83. The van der Waals surface area contributed by atoms with Crippen LogP contribution in [-0.4, -0.2) is 27.2 Å². The Labute approximate surface area is 157 Å². The number of allylic oxidation sites excluding steroid dienone is 3. The Balaban J connectivity index is 1.87. The maximum Gasteiger partial charge on any atom is 0.164 e. The Morgan fingerprint density at radius 1 is 0.815 bits per heavy atom. The summed E-state index contributed by atoms with van der Waals surface area (Å²) in [5.41, 5.74) is 2.51. The highest BCUT2D eigenvalue weighted by atomic mass is 16.5. The lowest BCUT2D eigenvalue weighted by Gasteiger charge is -2.13. The lowest BCUT2D eigenvalue weighted by Crippen LogP contribution is -2.05. The minimum Gasteiger partial charge on any atom is -0.508 e. The second-order valence-corrected chi connectivity index (χ2v) is 6.21. The van der Waals surface area contributed by atoms with E-state index in [0.29, 0.717) is 23.9 Å². The normalized spacial score (nSPS) is 13.7. The molecular weight excluding hydrogens is 338 g/mol. The topological polar surface area (TPSA) is 68.1 Å². The molecule has 0 unspecified atom stereocenters. The first-order valence-electron chi connectivity index (χ1n) is 8.79. The molecule has 1 aliphatic carbocycles. The van der Waals surface area contributed by atoms with Crippen molar-refractivity contribution in [3.05, 3.63) is 78.3 Å². The van der Waals surface area contributed by atoms with Crippen molar-refractivity contribution in [2.24, 2.45) is 0 Å². The number of aliphatic hydroxyl groups is 1. The molecule has 0 bridgehead atoms. The van der Waals surface area contributed by atoms with Crippen molar-refractivity contribution in [1.82, 2.24) is 15.0 Å². The van der Waals surface area contributed by atoms with Crippen LogP contribution in [0.25, 0.3) is 28.3 Å². The van der Waals surface area contributed by atoms with E-state index in [1.54, 1.807) is 13.2 Å². The van der Waals surface area contributed by atoms with Crippen LogP contribution in [0.1, 0.15) is 18.7 Å². The number of aromatic nitrogens is 3. The summed E-state index contributed by atoms with van der Waals surface area (Å²) in [5.74, 6) is 2.65. The quantitative estimate of drug-likeness (QED) is 0.724. The third kappa shape index (κ3) is 3.58. The summed E-state index contributed by atoms with van der Waals surface area (Å²) in [6, 6.07) is 17.4. The zero-order valence-corrected chi connectivity index (χ0v) is 15.0. The molecule has 1 aliphatic rings. The molecule has 1 N–H and O–H groups in total. The van der Waals surface area contributed by atoms with Crippen molar-refractivity contribution in [3.8, 4) is 28.5 Å². The summed E-state index contributed by atoms with van der Waals surface area (Å²) in [6.07, 6.45) is 5.20. The van der Waals surface area contributed by atoms with Gasteiger partial charge in [0.15, 0.2) is 17.5 Å². The number of aliphatic hydroxyl groups excluding tert-OH is 1. The fourth-order valence-corrected chi connectivity index (χ4v) is 2.97. The van der Waals surface area contributed by atoms with Crippen LogP contribution in [0.5, 0.6) is 5.75 Å². The van der Waals surface area contributed by atoms with Crippen LogP contribution in [0, 0.1) is 0 Å². The molecule has 3 aromatic rings. The van der Waals surface area contributed by atoms with Gasteiger partial charge in [-0.15, -0.1) is 0 Å². The van der Waals surface area contributed by atoms with Gasteiger partial charge >= 0.3 is 0 Å². The fraction of sp³-hybridized carbons (Fsp3) is 0.136. The zero-order valence-electron chi connectivity index (χ0n) is 15.0. The van der Waals surface area contributed by atoms with E-state index in [1.807, 2.05) is 60.7 Å². The first kappa shape index (κ1) is 17.0. The van der Waals surface area contributed by atoms with Crippen molar-refractivity contribution in [2.75, 3.05) is 7.11 Å². The Hall–Kier alpha value is -3.47. The monoisotopic (exact) mass is 357 g/mol. The minimum absolute atomic E-state index is 0.215. The molecule has 1 heterocycles. The molecule has 5 heteroatoms. The molecular formula is C22H19N3O2. The molecule has 134 valence electrons. The standard InChI is InChI=1S/C22H19N3O2/c1-27-17-13-11-16(12-14-17)21-23-20(15-7-3-2-4-8-15)24-22(25-21)18-9-5-6-10-19(18)26/h2-4,6-8,10-14,26H,5,9H2,1H3. The Morgan fingerprint density at radius 2 is 1.44 bits per heavy atom. The second kappa shape index (κ2) is 7.41. The van der Waals surface area contributed by atoms with Gasteiger partial charge in [-0.25, -0.2) is 15.0 Å². The van der Waals surface area contributed by atoms with E-state index in [-0.39, 0.29) is 5.76 Å². The van der Waals surface area contributed by atoms with Crippen molar-refractivity contribution >= 4 is 5.57 Å². The van der Waals surface area contributed by atoms with Gasteiger partial charge in [-0.1, -0.05) is 36.4 Å². The van der Waals surface area contributed by atoms with E-state index < -0.39 is 0 Å². The van der Waals surface area contributed by atoms with E-state index in [9.17, 15) is 5.11 Å². The molecule has 0 saturated carbocycles. The highest BCUT2D eigenvalue weighted by molar-refractivity contribution is 5.70. The molecule has 0 amide bonds. The average Bonchev–Trinajstić information content (AvgIpc) is 2.74. The highest BCUT2D eigenvalue weighted by Gasteiger charge is 2.17. The molecule has 4 rings (SSSR count). The summed E-state index contributed by atoms with van der Waals surface area (Å²) in [7, 11) is 1.63. The summed E-state index contributed by atoms with van der Waals surface area (Å²) < 4.78 is 5.23. The van der Waals surface area contributed by atoms with Gasteiger partial charge in [-0.05, 0) is 43.2 Å². The Morgan fingerprint density at radius 3 is 2.07 bits per heavy atom. The van der Waals surface area contributed by atoms with Gasteiger partial charge in [-0.3, -0.25) is 0 Å². The molecule has 2 aromatic carbocycles. The van der Waals surface area contributed by atoms with Gasteiger partial charge in [0.2, 0.25) is 0 Å². The predicted molar refractivity (Wildman–Crippen MR) is 105 cm³/mol. The first-order valence-corrected chi connectivity index (χ1v) is 8.79. The molecule has 5 nitrogen and oxygen atoms in total. The smallest absolute Gasteiger partial charge is 0.164 e. The Kier molecular flexibility index (Phi) is 4.66. The summed E-state index contributed by atoms with van der Waals surface area (Å²) in [6.45, 7) is 0. The van der Waals surface area contributed by atoms with Crippen LogP contribution in [-0.2, 0) is 0 Å². The van der Waals surface area contributed by atoms with Gasteiger partial charge in [-0.2, -0.15) is 0 Å². The van der Waals surface area contributed by atoms with Crippen LogP contribution < -0.4 is 4.74 Å². The van der Waals surface area contributed by atoms with E-state index in [0.717, 1.165) is 28.9 Å². The van der Waals surface area contributed by atoms with Crippen LogP contribution >= 0.6 is 0 Å². The summed E-state index contributed by atoms with van der Waals surface area (Å²) >= 11 is 0. The van der Waals surface area contributed by atoms with Crippen molar-refractivity contribution in [3.63, 3.8) is 0 Å². The lowest BCUT2D eigenvalue weighted by molar-refractivity contribution is 0.415. The van der Waals surface area contributed by atoms with E-state index >= 15 is 0 Å². The highest BCUT2D eigenvalue weighted by Crippen LogP contribution is 2.28. The van der Waals surface area contributed by atoms with Gasteiger partial charge < -0.3 is 9.84 Å². The summed E-state index contributed by atoms with van der Waals surface area (Å²) in [5, 5.41) is 10.3. The molecule has 0 radical (unpaired) electrons. The lowest BCUT2D eigenvalue weighted by atomic mass is 10.0. The van der Waals surface area contributed by atoms with Crippen molar-refractivity contribution in [2.45, 2.75) is 12.8 Å². The maximum atomic E-state index is 10.3. The SMILES string of the molecule is COc1ccc(-c2nc(C3=C(O)C=CCC3)nc(-c3ccccc3)n2)cc1. The number of nitrogens with zero attached hydrogens (tertiary/aromatic N) is 3. The zero-order chi connectivity index (χ0) is 18.6. The number of ether oxygens (including phenoxy) is 1. The Bertz CT molecular complexity index is 1010. The largest absolute Gasteiger partial charge is 0.508 e. The van der Waals surface area contributed by atoms with Gasteiger partial charge in [0, 0.05) is 16.7 Å². The summed E-state index contributed by atoms with van der Waals surface area (Å²) in [4.78, 5) is 13.9. The van der Waals surface area contributed by atoms with Crippen LogP contribution in [0.4, 0.5) is 0 Å².